The zero-order chi connectivity index (χ0) is 9.84. The van der Waals surface area contributed by atoms with Crippen LogP contribution in [0, 0.1) is 0 Å². The van der Waals surface area contributed by atoms with Gasteiger partial charge in [0.15, 0.2) is 0 Å². The second-order valence-corrected chi connectivity index (χ2v) is 3.81. The molecule has 1 rings (SSSR count). The van der Waals surface area contributed by atoms with Crippen molar-refractivity contribution in [3.8, 4) is 0 Å². The van der Waals surface area contributed by atoms with Crippen molar-refractivity contribution < 1.29 is 9.90 Å². The molecule has 0 spiro atoms. The van der Waals surface area contributed by atoms with E-state index in [1.807, 2.05) is 0 Å². The summed E-state index contributed by atoms with van der Waals surface area (Å²) in [6.45, 7) is 1.66. The molecule has 0 bridgehead atoms. The SMILES string of the molecule is C[C@H](N)C(=O)N[C@@H]1CCC[C@H](O)C1. The van der Waals surface area contributed by atoms with Crippen molar-refractivity contribution in [2.45, 2.75) is 50.8 Å². The fourth-order valence-corrected chi connectivity index (χ4v) is 1.63. The van der Waals surface area contributed by atoms with Gasteiger partial charge in [-0.15, -0.1) is 0 Å². The van der Waals surface area contributed by atoms with Crippen molar-refractivity contribution in [1.82, 2.24) is 5.32 Å². The molecule has 4 nitrogen and oxygen atoms in total. The van der Waals surface area contributed by atoms with Crippen LogP contribution in [0.25, 0.3) is 0 Å². The molecule has 1 amide bonds. The van der Waals surface area contributed by atoms with E-state index in [0.717, 1.165) is 19.3 Å². The standard InChI is InChI=1S/C9H18N2O2/c1-6(10)9(13)11-7-3-2-4-8(12)5-7/h6-8,12H,2-5,10H2,1H3,(H,11,13)/t6-,7+,8-/m0/s1. The van der Waals surface area contributed by atoms with Crippen molar-refractivity contribution in [3.63, 3.8) is 0 Å². The summed E-state index contributed by atoms with van der Waals surface area (Å²) in [5.74, 6) is -0.126. The average Bonchev–Trinajstić information content (AvgIpc) is 2.04. The minimum atomic E-state index is -0.459. The Balaban J connectivity index is 2.31. The first-order valence-electron chi connectivity index (χ1n) is 4.83. The van der Waals surface area contributed by atoms with E-state index in [-0.39, 0.29) is 18.1 Å². The summed E-state index contributed by atoms with van der Waals surface area (Å²) in [4.78, 5) is 11.2. The highest BCUT2D eigenvalue weighted by molar-refractivity contribution is 5.81. The van der Waals surface area contributed by atoms with Gasteiger partial charge in [0, 0.05) is 6.04 Å². The minimum absolute atomic E-state index is 0.113. The quantitative estimate of drug-likeness (QED) is 0.557. The smallest absolute Gasteiger partial charge is 0.236 e. The summed E-state index contributed by atoms with van der Waals surface area (Å²) in [7, 11) is 0. The number of aliphatic hydroxyl groups is 1. The van der Waals surface area contributed by atoms with E-state index in [0.29, 0.717) is 6.42 Å². The summed E-state index contributed by atoms with van der Waals surface area (Å²) in [6.07, 6.45) is 3.19. The van der Waals surface area contributed by atoms with Crippen LogP contribution < -0.4 is 11.1 Å². The van der Waals surface area contributed by atoms with Gasteiger partial charge >= 0.3 is 0 Å². The molecule has 0 aromatic rings. The maximum atomic E-state index is 11.2. The van der Waals surface area contributed by atoms with Gasteiger partial charge in [0.1, 0.15) is 0 Å². The van der Waals surface area contributed by atoms with Gasteiger partial charge in [-0.2, -0.15) is 0 Å². The lowest BCUT2D eigenvalue weighted by molar-refractivity contribution is -0.123. The third-order valence-electron chi connectivity index (χ3n) is 2.41. The second kappa shape index (κ2) is 4.58. The first kappa shape index (κ1) is 10.5. The van der Waals surface area contributed by atoms with Gasteiger partial charge in [0.2, 0.25) is 5.91 Å². The Kier molecular flexibility index (Phi) is 3.69. The van der Waals surface area contributed by atoms with Crippen LogP contribution in [0.3, 0.4) is 0 Å². The van der Waals surface area contributed by atoms with E-state index in [4.69, 9.17) is 5.73 Å². The van der Waals surface area contributed by atoms with Crippen LogP contribution in [0.4, 0.5) is 0 Å². The molecular weight excluding hydrogens is 168 g/mol. The highest BCUT2D eigenvalue weighted by Gasteiger charge is 2.22. The van der Waals surface area contributed by atoms with Gasteiger partial charge in [0.25, 0.3) is 0 Å². The molecule has 0 saturated heterocycles. The van der Waals surface area contributed by atoms with E-state index in [2.05, 4.69) is 5.32 Å². The molecule has 0 radical (unpaired) electrons. The van der Waals surface area contributed by atoms with Gasteiger partial charge in [-0.1, -0.05) is 0 Å². The van der Waals surface area contributed by atoms with Crippen LogP contribution in [0.15, 0.2) is 0 Å². The molecule has 0 unspecified atom stereocenters. The molecular formula is C9H18N2O2. The molecule has 0 aromatic heterocycles. The molecule has 1 aliphatic carbocycles. The Hall–Kier alpha value is -0.610. The van der Waals surface area contributed by atoms with E-state index in [1.54, 1.807) is 6.92 Å². The molecule has 4 N–H and O–H groups in total. The van der Waals surface area contributed by atoms with Gasteiger partial charge in [0.05, 0.1) is 12.1 Å². The maximum absolute atomic E-state index is 11.2. The van der Waals surface area contributed by atoms with E-state index < -0.39 is 6.04 Å². The topological polar surface area (TPSA) is 75.4 Å². The highest BCUT2D eigenvalue weighted by Crippen LogP contribution is 2.18. The van der Waals surface area contributed by atoms with Crippen LogP contribution in [0.5, 0.6) is 0 Å². The van der Waals surface area contributed by atoms with Crippen LogP contribution in [0.1, 0.15) is 32.6 Å². The van der Waals surface area contributed by atoms with Crippen molar-refractivity contribution in [3.05, 3.63) is 0 Å². The van der Waals surface area contributed by atoms with Crippen molar-refractivity contribution in [2.24, 2.45) is 5.73 Å². The largest absolute Gasteiger partial charge is 0.393 e. The third kappa shape index (κ3) is 3.32. The number of amides is 1. The molecule has 0 heterocycles. The summed E-state index contributed by atoms with van der Waals surface area (Å²) in [5, 5.41) is 12.2. The zero-order valence-electron chi connectivity index (χ0n) is 7.99. The highest BCUT2D eigenvalue weighted by atomic mass is 16.3. The first-order valence-corrected chi connectivity index (χ1v) is 4.83. The molecule has 1 saturated carbocycles. The summed E-state index contributed by atoms with van der Waals surface area (Å²) in [6, 6.07) is -0.346. The predicted octanol–water partition coefficient (Wildman–Crippen LogP) is -0.247. The molecule has 1 aliphatic rings. The molecule has 0 aliphatic heterocycles. The van der Waals surface area contributed by atoms with Crippen LogP contribution in [0.2, 0.25) is 0 Å². The first-order chi connectivity index (χ1) is 6.09. The lowest BCUT2D eigenvalue weighted by atomic mass is 9.93. The van der Waals surface area contributed by atoms with Gasteiger partial charge in [-0.05, 0) is 32.6 Å². The summed E-state index contributed by atoms with van der Waals surface area (Å²) in [5.41, 5.74) is 5.41. The Morgan fingerprint density at radius 1 is 1.62 bits per heavy atom. The lowest BCUT2D eigenvalue weighted by Gasteiger charge is -2.27. The summed E-state index contributed by atoms with van der Waals surface area (Å²) < 4.78 is 0. The molecule has 1 fully saturated rings. The predicted molar refractivity (Wildman–Crippen MR) is 50.1 cm³/mol. The van der Waals surface area contributed by atoms with Gasteiger partial charge < -0.3 is 16.2 Å². The lowest BCUT2D eigenvalue weighted by Crippen LogP contribution is -2.46. The van der Waals surface area contributed by atoms with E-state index >= 15 is 0 Å². The Morgan fingerprint density at radius 2 is 2.31 bits per heavy atom. The molecule has 76 valence electrons. The number of carbonyl (C=O) groups is 1. The van der Waals surface area contributed by atoms with Crippen LogP contribution in [-0.4, -0.2) is 29.2 Å². The molecule has 0 aromatic carbocycles. The second-order valence-electron chi connectivity index (χ2n) is 3.81. The van der Waals surface area contributed by atoms with Crippen molar-refractivity contribution >= 4 is 5.91 Å². The van der Waals surface area contributed by atoms with Gasteiger partial charge in [-0.25, -0.2) is 0 Å². The van der Waals surface area contributed by atoms with E-state index in [1.165, 1.54) is 0 Å². The Labute approximate surface area is 78.5 Å². The molecule has 4 heteroatoms. The summed E-state index contributed by atoms with van der Waals surface area (Å²) >= 11 is 0. The number of nitrogens with two attached hydrogens (primary N) is 1. The number of hydrogen-bond donors (Lipinski definition) is 3. The molecule has 13 heavy (non-hydrogen) atoms. The number of rotatable bonds is 2. The number of carbonyl (C=O) groups excluding carboxylic acids is 1. The van der Waals surface area contributed by atoms with Crippen LogP contribution in [-0.2, 0) is 4.79 Å². The number of nitrogens with one attached hydrogen (secondary N) is 1. The monoisotopic (exact) mass is 186 g/mol. The fraction of sp³-hybridized carbons (Fsp3) is 0.889. The van der Waals surface area contributed by atoms with Crippen molar-refractivity contribution in [2.75, 3.05) is 0 Å². The minimum Gasteiger partial charge on any atom is -0.393 e. The average molecular weight is 186 g/mol. The third-order valence-corrected chi connectivity index (χ3v) is 2.41. The number of aliphatic hydroxyl groups excluding tert-OH is 1. The molecule has 3 atom stereocenters. The Bertz CT molecular complexity index is 182. The number of hydrogen-bond acceptors (Lipinski definition) is 3. The van der Waals surface area contributed by atoms with Crippen molar-refractivity contribution in [1.29, 1.82) is 0 Å². The fourth-order valence-electron chi connectivity index (χ4n) is 1.63. The maximum Gasteiger partial charge on any atom is 0.236 e. The van der Waals surface area contributed by atoms with Crippen LogP contribution >= 0.6 is 0 Å². The van der Waals surface area contributed by atoms with E-state index in [9.17, 15) is 9.90 Å². The zero-order valence-corrected chi connectivity index (χ0v) is 7.99. The van der Waals surface area contributed by atoms with Gasteiger partial charge in [-0.3, -0.25) is 4.79 Å². The normalized spacial score (nSPS) is 31.0. The Morgan fingerprint density at radius 3 is 2.85 bits per heavy atom.